The Hall–Kier alpha value is -7.04. The number of benzene rings is 7. The van der Waals surface area contributed by atoms with E-state index in [2.05, 4.69) is 200 Å². The average molecular weight is 733 g/mol. The zero-order chi connectivity index (χ0) is 38.3. The molecular formula is C53H40N4. The van der Waals surface area contributed by atoms with Gasteiger partial charge in [-0.2, -0.15) is 0 Å². The van der Waals surface area contributed by atoms with Gasteiger partial charge in [0.15, 0.2) is 0 Å². The molecule has 272 valence electrons. The molecule has 4 nitrogen and oxygen atoms in total. The fourth-order valence-electron chi connectivity index (χ4n) is 9.40. The summed E-state index contributed by atoms with van der Waals surface area (Å²) in [5.74, 6) is 0.900. The summed E-state index contributed by atoms with van der Waals surface area (Å²) in [5, 5.41) is 2.40. The molecule has 11 rings (SSSR count). The second-order valence-corrected chi connectivity index (χ2v) is 16.3. The van der Waals surface area contributed by atoms with E-state index in [1.54, 1.807) is 0 Å². The second-order valence-electron chi connectivity index (χ2n) is 16.3. The van der Waals surface area contributed by atoms with Crippen molar-refractivity contribution in [2.45, 2.75) is 31.6 Å². The lowest BCUT2D eigenvalue weighted by Crippen LogP contribution is -2.30. The van der Waals surface area contributed by atoms with Crippen molar-refractivity contribution < 1.29 is 0 Å². The van der Waals surface area contributed by atoms with Crippen molar-refractivity contribution in [2.24, 2.45) is 0 Å². The first kappa shape index (κ1) is 33.3. The summed E-state index contributed by atoms with van der Waals surface area (Å²) in [6.45, 7) is 6.93. The fourth-order valence-corrected chi connectivity index (χ4v) is 9.40. The average Bonchev–Trinajstić information content (AvgIpc) is 3.93. The first-order chi connectivity index (χ1) is 27.9. The second kappa shape index (κ2) is 12.5. The highest BCUT2D eigenvalue weighted by molar-refractivity contribution is 6.12. The predicted octanol–water partition coefficient (Wildman–Crippen LogP) is 13.0. The van der Waals surface area contributed by atoms with Gasteiger partial charge in [-0.15, -0.1) is 0 Å². The van der Waals surface area contributed by atoms with Gasteiger partial charge in [-0.05, 0) is 92.9 Å². The van der Waals surface area contributed by atoms with Crippen molar-refractivity contribution in [2.75, 3.05) is 0 Å². The van der Waals surface area contributed by atoms with E-state index in [0.29, 0.717) is 0 Å². The molecular weight excluding hydrogens is 693 g/mol. The van der Waals surface area contributed by atoms with E-state index in [4.69, 9.17) is 9.97 Å². The van der Waals surface area contributed by atoms with Gasteiger partial charge in [0.2, 0.25) is 0 Å². The van der Waals surface area contributed by atoms with Gasteiger partial charge in [0.1, 0.15) is 5.82 Å². The van der Waals surface area contributed by atoms with Crippen molar-refractivity contribution >= 4 is 32.8 Å². The minimum atomic E-state index is -0.627. The molecule has 3 heterocycles. The predicted molar refractivity (Wildman–Crippen MR) is 235 cm³/mol. The molecule has 4 heteroatoms. The maximum atomic E-state index is 5.65. The summed E-state index contributed by atoms with van der Waals surface area (Å²) in [4.78, 5) is 14.6. The Morgan fingerprint density at radius 2 is 1.21 bits per heavy atom. The number of nitrogens with one attached hydrogen (secondary N) is 1. The highest BCUT2D eigenvalue weighted by Gasteiger charge is 2.47. The number of hydrogen-bond acceptors (Lipinski definition) is 2. The number of aromatic nitrogens is 4. The van der Waals surface area contributed by atoms with Gasteiger partial charge in [0.05, 0.1) is 27.7 Å². The van der Waals surface area contributed by atoms with Crippen LogP contribution in [0.4, 0.5) is 0 Å². The molecule has 1 aliphatic carbocycles. The number of aromatic amines is 1. The van der Waals surface area contributed by atoms with E-state index < -0.39 is 5.41 Å². The number of hydrogen-bond donors (Lipinski definition) is 1. The van der Waals surface area contributed by atoms with Crippen LogP contribution in [0.1, 0.15) is 48.7 Å². The van der Waals surface area contributed by atoms with Crippen LogP contribution in [0.15, 0.2) is 182 Å². The molecule has 0 fully saturated rings. The Bertz CT molecular complexity index is 3120. The van der Waals surface area contributed by atoms with Crippen LogP contribution in [0, 0.1) is 0 Å². The molecule has 0 aliphatic heterocycles. The lowest BCUT2D eigenvalue weighted by atomic mass is 9.68. The van der Waals surface area contributed by atoms with Gasteiger partial charge in [0.25, 0.3) is 0 Å². The summed E-state index contributed by atoms with van der Waals surface area (Å²) in [6.07, 6.45) is 1.93. The molecule has 0 amide bonds. The van der Waals surface area contributed by atoms with E-state index in [9.17, 15) is 0 Å². The number of nitrogens with zero attached hydrogens (tertiary/aromatic N) is 3. The number of rotatable bonds is 5. The largest absolute Gasteiger partial charge is 0.354 e. The smallest absolute Gasteiger partial charge is 0.147 e. The van der Waals surface area contributed by atoms with E-state index in [1.165, 1.54) is 44.2 Å². The topological polar surface area (TPSA) is 46.5 Å². The van der Waals surface area contributed by atoms with E-state index in [0.717, 1.165) is 56.0 Å². The SMILES string of the molecule is CC(C)(C)c1cc(-c2cccc3c2nc(-c2cccc4c2[nH]c2ccccc24)n3-c2ccccc2)cc(C2(c3ccccn3)c3ccccc3-c3ccccc32)c1. The number of imidazole rings is 1. The molecule has 0 radical (unpaired) electrons. The molecule has 0 saturated heterocycles. The summed E-state index contributed by atoms with van der Waals surface area (Å²) in [7, 11) is 0. The maximum absolute atomic E-state index is 5.65. The minimum absolute atomic E-state index is 0.137. The van der Waals surface area contributed by atoms with Crippen LogP contribution in [0.3, 0.4) is 0 Å². The van der Waals surface area contributed by atoms with Crippen molar-refractivity contribution in [1.29, 1.82) is 0 Å². The Morgan fingerprint density at radius 3 is 1.96 bits per heavy atom. The lowest BCUT2D eigenvalue weighted by Gasteiger charge is -2.34. The quantitative estimate of drug-likeness (QED) is 0.191. The monoisotopic (exact) mass is 732 g/mol. The summed E-state index contributed by atoms with van der Waals surface area (Å²) in [5.41, 5.74) is 16.3. The molecule has 0 saturated carbocycles. The highest BCUT2D eigenvalue weighted by atomic mass is 15.1. The Morgan fingerprint density at radius 1 is 0.561 bits per heavy atom. The van der Waals surface area contributed by atoms with Crippen LogP contribution in [0.2, 0.25) is 0 Å². The zero-order valence-electron chi connectivity index (χ0n) is 32.2. The normalized spacial score (nSPS) is 13.3. The van der Waals surface area contributed by atoms with Crippen LogP contribution in [-0.4, -0.2) is 19.5 Å². The molecule has 10 aromatic rings. The molecule has 0 unspecified atom stereocenters. The fraction of sp³-hybridized carbons (Fsp3) is 0.0943. The molecule has 0 atom stereocenters. The summed E-state index contributed by atoms with van der Waals surface area (Å²) >= 11 is 0. The molecule has 0 spiro atoms. The molecule has 1 aliphatic rings. The maximum Gasteiger partial charge on any atom is 0.147 e. The summed E-state index contributed by atoms with van der Waals surface area (Å²) in [6, 6.07) is 63.7. The van der Waals surface area contributed by atoms with Gasteiger partial charge < -0.3 is 4.98 Å². The molecule has 7 aromatic carbocycles. The third-order valence-electron chi connectivity index (χ3n) is 12.0. The van der Waals surface area contributed by atoms with E-state index in [-0.39, 0.29) is 5.41 Å². The van der Waals surface area contributed by atoms with Crippen molar-refractivity contribution in [3.63, 3.8) is 0 Å². The van der Waals surface area contributed by atoms with Gasteiger partial charge in [0, 0.05) is 39.3 Å². The highest BCUT2D eigenvalue weighted by Crippen LogP contribution is 2.56. The van der Waals surface area contributed by atoms with Crippen LogP contribution in [0.25, 0.3) is 72.2 Å². The van der Waals surface area contributed by atoms with Crippen molar-refractivity contribution in [3.8, 4) is 39.3 Å². The third kappa shape index (κ3) is 4.93. The number of fused-ring (bicyclic) bond motifs is 7. The van der Waals surface area contributed by atoms with Gasteiger partial charge in [-0.25, -0.2) is 4.98 Å². The number of para-hydroxylation sites is 4. The van der Waals surface area contributed by atoms with Crippen LogP contribution < -0.4 is 0 Å². The Balaban J connectivity index is 1.22. The van der Waals surface area contributed by atoms with E-state index in [1.807, 2.05) is 12.3 Å². The third-order valence-corrected chi connectivity index (χ3v) is 12.0. The standard InChI is InChI=1S/C53H40N4/c1-52(2,3)35-31-34(32-36(33-35)53(48-29-13-14-30-54-48)44-25-10-7-19-39(44)40-20-8-11-26-45(40)53)38-22-16-28-47-50(38)56-51(57(47)37-17-5-4-6-18-37)43-24-15-23-42-41-21-9-12-27-46(41)55-49(42)43/h4-33,55H,1-3H3. The lowest BCUT2D eigenvalue weighted by molar-refractivity contribution is 0.587. The van der Waals surface area contributed by atoms with Crippen LogP contribution >= 0.6 is 0 Å². The van der Waals surface area contributed by atoms with Crippen LogP contribution in [0.5, 0.6) is 0 Å². The van der Waals surface area contributed by atoms with Gasteiger partial charge >= 0.3 is 0 Å². The Labute approximate surface area is 332 Å². The Kier molecular flexibility index (Phi) is 7.30. The minimum Gasteiger partial charge on any atom is -0.354 e. The zero-order valence-corrected chi connectivity index (χ0v) is 32.2. The van der Waals surface area contributed by atoms with Crippen molar-refractivity contribution in [1.82, 2.24) is 19.5 Å². The molecule has 3 aromatic heterocycles. The first-order valence-corrected chi connectivity index (χ1v) is 19.8. The van der Waals surface area contributed by atoms with Gasteiger partial charge in [-0.1, -0.05) is 148 Å². The van der Waals surface area contributed by atoms with Crippen molar-refractivity contribution in [3.05, 3.63) is 210 Å². The molecule has 57 heavy (non-hydrogen) atoms. The van der Waals surface area contributed by atoms with Crippen LogP contribution in [-0.2, 0) is 10.8 Å². The number of H-pyrrole nitrogens is 1. The van der Waals surface area contributed by atoms with Gasteiger partial charge in [-0.3, -0.25) is 9.55 Å². The molecule has 1 N–H and O–H groups in total. The van der Waals surface area contributed by atoms with E-state index >= 15 is 0 Å². The first-order valence-electron chi connectivity index (χ1n) is 19.8. The summed E-state index contributed by atoms with van der Waals surface area (Å²) < 4.78 is 2.33. The molecule has 0 bridgehead atoms. The number of pyridine rings is 1.